The van der Waals surface area contributed by atoms with E-state index < -0.39 is 0 Å². The summed E-state index contributed by atoms with van der Waals surface area (Å²) >= 11 is 0. The highest BCUT2D eigenvalue weighted by atomic mass is 15.4. The monoisotopic (exact) mass is 373 g/mol. The lowest BCUT2D eigenvalue weighted by Crippen LogP contribution is -2.60. The highest BCUT2D eigenvalue weighted by molar-refractivity contribution is 5.83. The number of benzene rings is 2. The van der Waals surface area contributed by atoms with Gasteiger partial charge in [0, 0.05) is 18.1 Å². The van der Waals surface area contributed by atoms with Crippen molar-refractivity contribution in [1.29, 1.82) is 0 Å². The van der Waals surface area contributed by atoms with Crippen molar-refractivity contribution >= 4 is 5.96 Å². The molecule has 3 aliphatic rings. The molecule has 0 bridgehead atoms. The van der Waals surface area contributed by atoms with Crippen LogP contribution in [0.4, 0.5) is 0 Å². The molecule has 2 saturated heterocycles. The fourth-order valence-electron chi connectivity index (χ4n) is 5.39. The number of hydrogen-bond donors (Lipinski definition) is 1. The maximum atomic E-state index is 5.20. The second-order valence-electron chi connectivity index (χ2n) is 8.76. The average Bonchev–Trinajstić information content (AvgIpc) is 3.16. The van der Waals surface area contributed by atoms with Gasteiger partial charge in [-0.1, -0.05) is 60.7 Å². The van der Waals surface area contributed by atoms with Crippen LogP contribution in [0.3, 0.4) is 0 Å². The van der Waals surface area contributed by atoms with E-state index in [1.807, 2.05) is 0 Å². The molecule has 2 aromatic rings. The first-order valence-electron chi connectivity index (χ1n) is 11.1. The maximum Gasteiger partial charge on any atom is 0.194 e. The van der Waals surface area contributed by atoms with E-state index >= 15 is 0 Å². The molecule has 0 unspecified atom stereocenters. The Balaban J connectivity index is 1.24. The first-order chi connectivity index (χ1) is 13.8. The number of rotatable bonds is 6. The van der Waals surface area contributed by atoms with Crippen molar-refractivity contribution < 1.29 is 0 Å². The van der Waals surface area contributed by atoms with Crippen molar-refractivity contribution in [2.75, 3.05) is 0 Å². The second kappa shape index (κ2) is 7.98. The van der Waals surface area contributed by atoms with E-state index in [4.69, 9.17) is 4.99 Å². The van der Waals surface area contributed by atoms with E-state index in [1.165, 1.54) is 55.6 Å². The van der Waals surface area contributed by atoms with Crippen LogP contribution in [0.5, 0.6) is 0 Å². The first kappa shape index (κ1) is 17.8. The summed E-state index contributed by atoms with van der Waals surface area (Å²) in [4.78, 5) is 7.83. The summed E-state index contributed by atoms with van der Waals surface area (Å²) in [5.74, 6) is 1.21. The molecule has 28 heavy (non-hydrogen) atoms. The minimum absolute atomic E-state index is 0.468. The molecular formula is C25H31N3. The van der Waals surface area contributed by atoms with Gasteiger partial charge in [0.05, 0.1) is 6.04 Å². The van der Waals surface area contributed by atoms with Gasteiger partial charge in [0.25, 0.3) is 0 Å². The average molecular weight is 374 g/mol. The third-order valence-electron chi connectivity index (χ3n) is 6.84. The van der Waals surface area contributed by atoms with Gasteiger partial charge in [-0.25, -0.2) is 4.99 Å². The summed E-state index contributed by atoms with van der Waals surface area (Å²) in [5.41, 5.74) is 2.88. The van der Waals surface area contributed by atoms with Crippen LogP contribution in [0.1, 0.15) is 49.7 Å². The van der Waals surface area contributed by atoms with E-state index in [0.29, 0.717) is 24.2 Å². The minimum Gasteiger partial charge on any atom is -0.353 e. The lowest BCUT2D eigenvalue weighted by atomic mass is 9.95. The fraction of sp³-hybridized carbons (Fsp3) is 0.480. The van der Waals surface area contributed by atoms with E-state index in [9.17, 15) is 0 Å². The Morgan fingerprint density at radius 2 is 1.39 bits per heavy atom. The zero-order valence-corrected chi connectivity index (χ0v) is 16.6. The van der Waals surface area contributed by atoms with Gasteiger partial charge in [0.1, 0.15) is 0 Å². The molecule has 0 aliphatic carbocycles. The zero-order valence-electron chi connectivity index (χ0n) is 16.6. The molecule has 0 amide bonds. The zero-order chi connectivity index (χ0) is 18.8. The Morgan fingerprint density at radius 1 is 0.786 bits per heavy atom. The fourth-order valence-corrected chi connectivity index (χ4v) is 5.39. The maximum absolute atomic E-state index is 5.20. The molecule has 146 valence electrons. The van der Waals surface area contributed by atoms with E-state index in [2.05, 4.69) is 70.9 Å². The molecule has 3 aliphatic heterocycles. The van der Waals surface area contributed by atoms with Crippen LogP contribution >= 0.6 is 0 Å². The van der Waals surface area contributed by atoms with Crippen LogP contribution < -0.4 is 5.32 Å². The van der Waals surface area contributed by atoms with Crippen LogP contribution in [0.15, 0.2) is 65.7 Å². The van der Waals surface area contributed by atoms with Crippen LogP contribution in [-0.2, 0) is 12.8 Å². The van der Waals surface area contributed by atoms with Crippen molar-refractivity contribution in [1.82, 2.24) is 10.2 Å². The Hall–Kier alpha value is -2.29. The quantitative estimate of drug-likeness (QED) is 0.803. The van der Waals surface area contributed by atoms with Crippen LogP contribution in [0.25, 0.3) is 0 Å². The van der Waals surface area contributed by atoms with Gasteiger partial charge >= 0.3 is 0 Å². The summed E-state index contributed by atoms with van der Waals surface area (Å²) in [5, 5.41) is 3.83. The molecule has 0 spiro atoms. The Morgan fingerprint density at radius 3 is 2.07 bits per heavy atom. The molecule has 4 atom stereocenters. The number of nitrogens with one attached hydrogen (secondary N) is 1. The lowest BCUT2D eigenvalue weighted by molar-refractivity contribution is 0.203. The van der Waals surface area contributed by atoms with Crippen LogP contribution in [0, 0.1) is 0 Å². The van der Waals surface area contributed by atoms with Crippen LogP contribution in [0.2, 0.25) is 0 Å². The third-order valence-corrected chi connectivity index (χ3v) is 6.84. The van der Waals surface area contributed by atoms with Gasteiger partial charge in [-0.2, -0.15) is 0 Å². The number of aliphatic imine (C=N–C) groups is 1. The molecule has 2 fully saturated rings. The lowest BCUT2D eigenvalue weighted by Gasteiger charge is -2.45. The summed E-state index contributed by atoms with van der Waals surface area (Å²) in [6, 6.07) is 24.2. The topological polar surface area (TPSA) is 27.6 Å². The van der Waals surface area contributed by atoms with Crippen molar-refractivity contribution in [3.63, 3.8) is 0 Å². The van der Waals surface area contributed by atoms with E-state index in [-0.39, 0.29) is 0 Å². The SMILES string of the molecule is c1ccc(CC[C@@H]2C[C@@H]3CC[C@@H]4C[C@H](CCc5ccccc5)NC(=N2)N43)cc1. The van der Waals surface area contributed by atoms with Crippen molar-refractivity contribution in [3.05, 3.63) is 71.8 Å². The molecule has 5 rings (SSSR count). The number of hydrogen-bond acceptors (Lipinski definition) is 3. The van der Waals surface area contributed by atoms with Gasteiger partial charge < -0.3 is 10.2 Å². The summed E-state index contributed by atoms with van der Waals surface area (Å²) in [6.07, 6.45) is 9.86. The minimum atomic E-state index is 0.468. The third kappa shape index (κ3) is 3.80. The smallest absolute Gasteiger partial charge is 0.194 e. The predicted octanol–water partition coefficient (Wildman–Crippen LogP) is 4.58. The van der Waals surface area contributed by atoms with Crippen molar-refractivity contribution in [3.8, 4) is 0 Å². The molecule has 2 aromatic carbocycles. The van der Waals surface area contributed by atoms with E-state index in [1.54, 1.807) is 0 Å². The highest BCUT2D eigenvalue weighted by Crippen LogP contribution is 2.37. The van der Waals surface area contributed by atoms with Crippen LogP contribution in [-0.4, -0.2) is 35.0 Å². The van der Waals surface area contributed by atoms with E-state index in [0.717, 1.165) is 12.8 Å². The normalized spacial score (nSPS) is 28.4. The van der Waals surface area contributed by atoms with Crippen molar-refractivity contribution in [2.45, 2.75) is 75.5 Å². The first-order valence-corrected chi connectivity index (χ1v) is 11.1. The molecule has 0 saturated carbocycles. The summed E-state index contributed by atoms with van der Waals surface area (Å²) < 4.78 is 0. The molecule has 3 heteroatoms. The molecule has 1 N–H and O–H groups in total. The molecule has 3 nitrogen and oxygen atoms in total. The van der Waals surface area contributed by atoms with Gasteiger partial charge in [-0.3, -0.25) is 0 Å². The molecule has 0 aromatic heterocycles. The molecule has 3 heterocycles. The molecule has 0 radical (unpaired) electrons. The number of guanidine groups is 1. The summed E-state index contributed by atoms with van der Waals surface area (Å²) in [6.45, 7) is 0. The Labute approximate surface area is 168 Å². The van der Waals surface area contributed by atoms with Gasteiger partial charge in [0.15, 0.2) is 5.96 Å². The van der Waals surface area contributed by atoms with Crippen molar-refractivity contribution in [2.24, 2.45) is 4.99 Å². The number of nitrogens with zero attached hydrogens (tertiary/aromatic N) is 2. The molecular weight excluding hydrogens is 342 g/mol. The number of aryl methyl sites for hydroxylation is 2. The largest absolute Gasteiger partial charge is 0.353 e. The standard InChI is InChI=1S/C25H31N3/c1-3-7-19(8-4-1)11-13-21-17-23-15-16-24-18-22(27-25(26-21)28(23)24)14-12-20-9-5-2-6-10-20/h1-10,21-24H,11-18H2,(H,26,27)/t21-,22+,23+,24-. The predicted molar refractivity (Wildman–Crippen MR) is 116 cm³/mol. The van der Waals surface area contributed by atoms with Gasteiger partial charge in [0.2, 0.25) is 0 Å². The van der Waals surface area contributed by atoms with Gasteiger partial charge in [-0.15, -0.1) is 0 Å². The Kier molecular flexibility index (Phi) is 5.07. The second-order valence-corrected chi connectivity index (χ2v) is 8.76. The van der Waals surface area contributed by atoms with Gasteiger partial charge in [-0.05, 0) is 62.5 Å². The Bertz CT molecular complexity index is 801. The summed E-state index contributed by atoms with van der Waals surface area (Å²) in [7, 11) is 0. The highest BCUT2D eigenvalue weighted by Gasteiger charge is 2.43.